The Morgan fingerprint density at radius 3 is 2.60 bits per heavy atom. The number of nitro groups is 1. The van der Waals surface area contributed by atoms with Gasteiger partial charge in [-0.2, -0.15) is 5.10 Å². The molecule has 5 heteroatoms. The molecule has 1 aromatic carbocycles. The second-order valence-electron chi connectivity index (χ2n) is 5.58. The molecule has 0 amide bonds. The van der Waals surface area contributed by atoms with Crippen molar-refractivity contribution in [2.45, 2.75) is 13.3 Å². The standard InChI is InChI=1S/C15H17N3O2/c1-10-11-2-3-12(8-11)15(10)9-16-17-13-4-6-14(7-5-13)18(19)20/h2-7,9-12,15,17H,8H2,1H3. The van der Waals surface area contributed by atoms with Crippen LogP contribution in [0.2, 0.25) is 0 Å². The summed E-state index contributed by atoms with van der Waals surface area (Å²) in [5, 5.41) is 14.8. The smallest absolute Gasteiger partial charge is 0.269 e. The molecule has 1 N–H and O–H groups in total. The summed E-state index contributed by atoms with van der Waals surface area (Å²) in [6, 6.07) is 6.28. The third-order valence-corrected chi connectivity index (χ3v) is 4.45. The lowest BCUT2D eigenvalue weighted by Crippen LogP contribution is -2.18. The zero-order valence-corrected chi connectivity index (χ0v) is 11.3. The van der Waals surface area contributed by atoms with Crippen LogP contribution in [-0.2, 0) is 0 Å². The first kappa shape index (κ1) is 12.8. The predicted octanol–water partition coefficient (Wildman–Crippen LogP) is 3.45. The van der Waals surface area contributed by atoms with Crippen molar-refractivity contribution in [3.63, 3.8) is 0 Å². The molecule has 0 spiro atoms. The number of fused-ring (bicyclic) bond motifs is 2. The molecule has 0 aromatic heterocycles. The Hall–Kier alpha value is -2.17. The van der Waals surface area contributed by atoms with Gasteiger partial charge in [0.2, 0.25) is 0 Å². The molecule has 2 aliphatic carbocycles. The highest BCUT2D eigenvalue weighted by molar-refractivity contribution is 5.65. The van der Waals surface area contributed by atoms with E-state index < -0.39 is 4.92 Å². The van der Waals surface area contributed by atoms with Gasteiger partial charge in [0.1, 0.15) is 0 Å². The highest BCUT2D eigenvalue weighted by Gasteiger charge is 2.40. The van der Waals surface area contributed by atoms with E-state index in [9.17, 15) is 10.1 Å². The molecule has 0 aliphatic heterocycles. The second kappa shape index (κ2) is 5.07. The van der Waals surface area contributed by atoms with Crippen molar-refractivity contribution in [3.05, 3.63) is 46.5 Å². The van der Waals surface area contributed by atoms with Gasteiger partial charge < -0.3 is 0 Å². The van der Waals surface area contributed by atoms with Crippen LogP contribution in [-0.4, -0.2) is 11.1 Å². The number of anilines is 1. The van der Waals surface area contributed by atoms with Gasteiger partial charge in [0.15, 0.2) is 0 Å². The Bertz CT molecular complexity index is 565. The molecule has 1 aromatic rings. The Balaban J connectivity index is 1.60. The Kier molecular flexibility index (Phi) is 3.26. The van der Waals surface area contributed by atoms with Gasteiger partial charge in [-0.05, 0) is 36.3 Å². The maximum Gasteiger partial charge on any atom is 0.269 e. The molecule has 4 unspecified atom stereocenters. The van der Waals surface area contributed by atoms with Crippen LogP contribution in [0.5, 0.6) is 0 Å². The number of non-ortho nitro benzene ring substituents is 1. The predicted molar refractivity (Wildman–Crippen MR) is 78.6 cm³/mol. The van der Waals surface area contributed by atoms with Crippen molar-refractivity contribution in [1.82, 2.24) is 0 Å². The van der Waals surface area contributed by atoms with E-state index in [0.29, 0.717) is 23.7 Å². The number of allylic oxidation sites excluding steroid dienone is 2. The third-order valence-electron chi connectivity index (χ3n) is 4.45. The van der Waals surface area contributed by atoms with E-state index in [1.165, 1.54) is 18.6 Å². The SMILES string of the molecule is CC1C2C=CC(C2)C1C=NNc1ccc([N+](=O)[O-])cc1. The largest absolute Gasteiger partial charge is 0.279 e. The number of nitrogens with one attached hydrogen (secondary N) is 1. The van der Waals surface area contributed by atoms with Crippen molar-refractivity contribution in [2.75, 3.05) is 5.43 Å². The fourth-order valence-corrected chi connectivity index (χ4v) is 3.21. The maximum absolute atomic E-state index is 10.6. The van der Waals surface area contributed by atoms with Gasteiger partial charge in [-0.25, -0.2) is 0 Å². The van der Waals surface area contributed by atoms with Gasteiger partial charge in [-0.3, -0.25) is 15.5 Å². The van der Waals surface area contributed by atoms with Crippen molar-refractivity contribution in [3.8, 4) is 0 Å². The van der Waals surface area contributed by atoms with Crippen molar-refractivity contribution >= 4 is 17.6 Å². The molecule has 0 radical (unpaired) electrons. The molecule has 4 atom stereocenters. The van der Waals surface area contributed by atoms with Crippen molar-refractivity contribution in [2.24, 2.45) is 28.8 Å². The molecule has 2 aliphatic rings. The summed E-state index contributed by atoms with van der Waals surface area (Å²) in [5.74, 6) is 2.47. The molecular formula is C15H17N3O2. The van der Waals surface area contributed by atoms with Gasteiger partial charge in [0.25, 0.3) is 5.69 Å². The van der Waals surface area contributed by atoms with Crippen LogP contribution in [0.1, 0.15) is 13.3 Å². The summed E-state index contributed by atoms with van der Waals surface area (Å²) in [7, 11) is 0. The summed E-state index contributed by atoms with van der Waals surface area (Å²) in [6.45, 7) is 2.27. The third kappa shape index (κ3) is 2.31. The number of hydrazone groups is 1. The molecule has 3 rings (SSSR count). The molecule has 20 heavy (non-hydrogen) atoms. The minimum atomic E-state index is -0.406. The molecule has 104 valence electrons. The minimum absolute atomic E-state index is 0.0893. The van der Waals surface area contributed by atoms with Gasteiger partial charge in [-0.15, -0.1) is 0 Å². The summed E-state index contributed by atoms with van der Waals surface area (Å²) < 4.78 is 0. The van der Waals surface area contributed by atoms with Crippen LogP contribution in [0.15, 0.2) is 41.5 Å². The average molecular weight is 271 g/mol. The Morgan fingerprint density at radius 2 is 2.00 bits per heavy atom. The number of hydrogen-bond donors (Lipinski definition) is 1. The van der Waals surface area contributed by atoms with Crippen LogP contribution in [0.4, 0.5) is 11.4 Å². The molecule has 0 saturated heterocycles. The number of rotatable bonds is 4. The number of hydrogen-bond acceptors (Lipinski definition) is 4. The van der Waals surface area contributed by atoms with Gasteiger partial charge in [0, 0.05) is 24.3 Å². The first-order chi connectivity index (χ1) is 9.65. The van der Waals surface area contributed by atoms with E-state index in [4.69, 9.17) is 0 Å². The lowest BCUT2D eigenvalue weighted by Gasteiger charge is -2.20. The Morgan fingerprint density at radius 1 is 1.30 bits per heavy atom. The highest BCUT2D eigenvalue weighted by atomic mass is 16.6. The maximum atomic E-state index is 10.6. The topological polar surface area (TPSA) is 67.5 Å². The normalized spacial score (nSPS) is 31.1. The number of nitrogens with zero attached hydrogens (tertiary/aromatic N) is 2. The highest BCUT2D eigenvalue weighted by Crippen LogP contribution is 2.46. The zero-order chi connectivity index (χ0) is 14.1. The van der Waals surface area contributed by atoms with Gasteiger partial charge in [-0.1, -0.05) is 19.1 Å². The van der Waals surface area contributed by atoms with Crippen LogP contribution in [0.3, 0.4) is 0 Å². The summed E-state index contributed by atoms with van der Waals surface area (Å²) in [5.41, 5.74) is 3.79. The van der Waals surface area contributed by atoms with E-state index in [1.54, 1.807) is 12.1 Å². The lowest BCUT2D eigenvalue weighted by atomic mass is 9.85. The van der Waals surface area contributed by atoms with Gasteiger partial charge in [0.05, 0.1) is 10.6 Å². The summed E-state index contributed by atoms with van der Waals surface area (Å²) in [6.07, 6.45) is 7.85. The molecule has 1 fully saturated rings. The number of benzene rings is 1. The number of nitro benzene ring substituents is 1. The van der Waals surface area contributed by atoms with Gasteiger partial charge >= 0.3 is 0 Å². The van der Waals surface area contributed by atoms with Crippen LogP contribution in [0, 0.1) is 33.8 Å². The van der Waals surface area contributed by atoms with E-state index in [-0.39, 0.29) is 5.69 Å². The second-order valence-corrected chi connectivity index (χ2v) is 5.58. The van der Waals surface area contributed by atoms with Crippen molar-refractivity contribution < 1.29 is 4.92 Å². The molecule has 1 saturated carbocycles. The average Bonchev–Trinajstić information content (AvgIpc) is 3.02. The first-order valence-electron chi connectivity index (χ1n) is 6.87. The quantitative estimate of drug-likeness (QED) is 0.394. The lowest BCUT2D eigenvalue weighted by molar-refractivity contribution is -0.384. The monoisotopic (exact) mass is 271 g/mol. The molecule has 0 heterocycles. The minimum Gasteiger partial charge on any atom is -0.279 e. The van der Waals surface area contributed by atoms with Crippen molar-refractivity contribution in [1.29, 1.82) is 0 Å². The Labute approximate surface area is 117 Å². The van der Waals surface area contributed by atoms with Crippen LogP contribution in [0.25, 0.3) is 0 Å². The summed E-state index contributed by atoms with van der Waals surface area (Å²) in [4.78, 5) is 10.2. The molecule has 2 bridgehead atoms. The first-order valence-corrected chi connectivity index (χ1v) is 6.87. The molecular weight excluding hydrogens is 254 g/mol. The van der Waals surface area contributed by atoms with Crippen LogP contribution >= 0.6 is 0 Å². The fraction of sp³-hybridized carbons (Fsp3) is 0.400. The summed E-state index contributed by atoms with van der Waals surface area (Å²) >= 11 is 0. The van der Waals surface area contributed by atoms with E-state index in [2.05, 4.69) is 29.6 Å². The zero-order valence-electron chi connectivity index (χ0n) is 11.3. The fourth-order valence-electron chi connectivity index (χ4n) is 3.21. The van der Waals surface area contributed by atoms with E-state index in [0.717, 1.165) is 5.69 Å². The van der Waals surface area contributed by atoms with E-state index >= 15 is 0 Å². The molecule has 5 nitrogen and oxygen atoms in total. The van der Waals surface area contributed by atoms with Crippen LogP contribution < -0.4 is 5.43 Å². The van der Waals surface area contributed by atoms with E-state index in [1.807, 2.05) is 6.21 Å².